The Labute approximate surface area is 106 Å². The Morgan fingerprint density at radius 1 is 1.33 bits per heavy atom. The highest BCUT2D eigenvalue weighted by Crippen LogP contribution is 2.21. The molecule has 0 fully saturated rings. The second-order valence-electron chi connectivity index (χ2n) is 4.15. The topological polar surface area (TPSA) is 74.2 Å². The molecule has 1 aromatic carbocycles. The molecule has 1 heterocycles. The summed E-state index contributed by atoms with van der Waals surface area (Å²) in [5, 5.41) is 3.89. The molecule has 0 saturated carbocycles. The van der Waals surface area contributed by atoms with E-state index in [4.69, 9.17) is 15.0 Å². The highest BCUT2D eigenvalue weighted by Gasteiger charge is 2.10. The highest BCUT2D eigenvalue weighted by atomic mass is 16.5. The Morgan fingerprint density at radius 2 is 2.06 bits per heavy atom. The van der Waals surface area contributed by atoms with Gasteiger partial charge in [0.1, 0.15) is 5.75 Å². The maximum atomic E-state index is 5.69. The van der Waals surface area contributed by atoms with Crippen LogP contribution in [-0.4, -0.2) is 22.8 Å². The summed E-state index contributed by atoms with van der Waals surface area (Å²) < 4.78 is 10.6. The normalized spacial score (nSPS) is 12.4. The minimum atomic E-state index is 0.0239. The van der Waals surface area contributed by atoms with Gasteiger partial charge in [0, 0.05) is 18.0 Å². The van der Waals surface area contributed by atoms with Crippen molar-refractivity contribution in [2.75, 3.05) is 6.61 Å². The molecule has 0 bridgehead atoms. The van der Waals surface area contributed by atoms with Crippen LogP contribution in [0.15, 0.2) is 28.8 Å². The Bertz CT molecular complexity index is 491. The van der Waals surface area contributed by atoms with Crippen LogP contribution in [0.5, 0.6) is 5.75 Å². The van der Waals surface area contributed by atoms with Gasteiger partial charge in [-0.25, -0.2) is 0 Å². The second kappa shape index (κ2) is 5.64. The third-order valence-corrected chi connectivity index (χ3v) is 2.38. The largest absolute Gasteiger partial charge is 0.494 e. The van der Waals surface area contributed by atoms with Crippen molar-refractivity contribution >= 4 is 0 Å². The number of aromatic nitrogens is 2. The van der Waals surface area contributed by atoms with Crippen molar-refractivity contribution < 1.29 is 9.26 Å². The molecule has 5 nitrogen and oxygen atoms in total. The number of ether oxygens (including phenoxy) is 1. The molecule has 96 valence electrons. The average Bonchev–Trinajstić information content (AvgIpc) is 2.78. The van der Waals surface area contributed by atoms with Gasteiger partial charge in [-0.1, -0.05) is 5.16 Å². The van der Waals surface area contributed by atoms with Gasteiger partial charge in [-0.3, -0.25) is 0 Å². The fourth-order valence-corrected chi connectivity index (χ4v) is 1.60. The molecule has 1 aromatic heterocycles. The van der Waals surface area contributed by atoms with Crippen LogP contribution in [-0.2, 0) is 6.42 Å². The van der Waals surface area contributed by atoms with Gasteiger partial charge in [0.15, 0.2) is 5.82 Å². The first-order valence-electron chi connectivity index (χ1n) is 6.00. The van der Waals surface area contributed by atoms with Gasteiger partial charge < -0.3 is 15.0 Å². The first kappa shape index (κ1) is 12.6. The zero-order chi connectivity index (χ0) is 13.0. The Hall–Kier alpha value is -1.88. The monoisotopic (exact) mass is 247 g/mol. The second-order valence-corrected chi connectivity index (χ2v) is 4.15. The molecule has 0 aliphatic rings. The maximum Gasteiger partial charge on any atom is 0.257 e. The van der Waals surface area contributed by atoms with Crippen molar-refractivity contribution in [1.29, 1.82) is 0 Å². The van der Waals surface area contributed by atoms with E-state index in [1.165, 1.54) is 0 Å². The molecule has 2 N–H and O–H groups in total. The van der Waals surface area contributed by atoms with Gasteiger partial charge in [-0.05, 0) is 38.1 Å². The maximum absolute atomic E-state index is 5.69. The number of nitrogens with two attached hydrogens (primary N) is 1. The van der Waals surface area contributed by atoms with Gasteiger partial charge in [-0.15, -0.1) is 0 Å². The van der Waals surface area contributed by atoms with Crippen molar-refractivity contribution in [3.63, 3.8) is 0 Å². The fraction of sp³-hybridized carbons (Fsp3) is 0.385. The van der Waals surface area contributed by atoms with E-state index in [1.54, 1.807) is 0 Å². The van der Waals surface area contributed by atoms with Crippen LogP contribution in [0.3, 0.4) is 0 Å². The van der Waals surface area contributed by atoms with E-state index in [-0.39, 0.29) is 6.04 Å². The summed E-state index contributed by atoms with van der Waals surface area (Å²) in [5.41, 5.74) is 6.56. The van der Waals surface area contributed by atoms with E-state index in [9.17, 15) is 0 Å². The lowest BCUT2D eigenvalue weighted by atomic mass is 10.2. The third kappa shape index (κ3) is 3.07. The lowest BCUT2D eigenvalue weighted by Crippen LogP contribution is -2.18. The van der Waals surface area contributed by atoms with Crippen LogP contribution in [0.4, 0.5) is 0 Å². The summed E-state index contributed by atoms with van der Waals surface area (Å²) in [6.07, 6.45) is 0.612. The number of hydrogen-bond donors (Lipinski definition) is 1. The number of benzene rings is 1. The first-order chi connectivity index (χ1) is 8.69. The molecule has 0 aliphatic carbocycles. The van der Waals surface area contributed by atoms with Crippen LogP contribution < -0.4 is 10.5 Å². The third-order valence-electron chi connectivity index (χ3n) is 2.38. The highest BCUT2D eigenvalue weighted by molar-refractivity contribution is 5.54. The van der Waals surface area contributed by atoms with Crippen molar-refractivity contribution in [1.82, 2.24) is 10.1 Å². The summed E-state index contributed by atoms with van der Waals surface area (Å²) in [4.78, 5) is 4.30. The molecule has 2 rings (SSSR count). The summed E-state index contributed by atoms with van der Waals surface area (Å²) in [6.45, 7) is 4.51. The predicted octanol–water partition coefficient (Wildman–Crippen LogP) is 2.02. The zero-order valence-corrected chi connectivity index (χ0v) is 10.6. The zero-order valence-electron chi connectivity index (χ0n) is 10.6. The van der Waals surface area contributed by atoms with Crippen molar-refractivity contribution in [2.45, 2.75) is 26.3 Å². The van der Waals surface area contributed by atoms with Gasteiger partial charge in [0.05, 0.1) is 6.61 Å². The molecule has 5 heteroatoms. The number of nitrogens with zero attached hydrogens (tertiary/aromatic N) is 2. The van der Waals surface area contributed by atoms with E-state index < -0.39 is 0 Å². The molecule has 1 atom stereocenters. The molecule has 18 heavy (non-hydrogen) atoms. The van der Waals surface area contributed by atoms with Crippen LogP contribution >= 0.6 is 0 Å². The summed E-state index contributed by atoms with van der Waals surface area (Å²) >= 11 is 0. The Balaban J connectivity index is 2.13. The van der Waals surface area contributed by atoms with E-state index in [0.29, 0.717) is 24.7 Å². The van der Waals surface area contributed by atoms with Gasteiger partial charge in [0.25, 0.3) is 5.89 Å². The average molecular weight is 247 g/mol. The first-order valence-corrected chi connectivity index (χ1v) is 6.00. The van der Waals surface area contributed by atoms with Gasteiger partial charge in [0.2, 0.25) is 0 Å². The van der Waals surface area contributed by atoms with Crippen LogP contribution in [0, 0.1) is 0 Å². The summed E-state index contributed by atoms with van der Waals surface area (Å²) in [6, 6.07) is 7.58. The fourth-order valence-electron chi connectivity index (χ4n) is 1.60. The number of hydrogen-bond acceptors (Lipinski definition) is 5. The Morgan fingerprint density at radius 3 is 2.67 bits per heavy atom. The van der Waals surface area contributed by atoms with Crippen LogP contribution in [0.2, 0.25) is 0 Å². The smallest absolute Gasteiger partial charge is 0.257 e. The summed E-state index contributed by atoms with van der Waals surface area (Å²) in [7, 11) is 0. The minimum Gasteiger partial charge on any atom is -0.494 e. The van der Waals surface area contributed by atoms with Crippen LogP contribution in [0.1, 0.15) is 19.7 Å². The van der Waals surface area contributed by atoms with E-state index >= 15 is 0 Å². The van der Waals surface area contributed by atoms with E-state index in [2.05, 4.69) is 10.1 Å². The quantitative estimate of drug-likeness (QED) is 0.875. The lowest BCUT2D eigenvalue weighted by Gasteiger charge is -2.02. The minimum absolute atomic E-state index is 0.0239. The van der Waals surface area contributed by atoms with Gasteiger partial charge >= 0.3 is 0 Å². The molecule has 0 spiro atoms. The van der Waals surface area contributed by atoms with Crippen molar-refractivity contribution in [3.8, 4) is 17.2 Å². The number of rotatable bonds is 5. The SMILES string of the molecule is CCOc1ccc(-c2nc(CC(C)N)no2)cc1. The summed E-state index contributed by atoms with van der Waals surface area (Å²) in [5.74, 6) is 1.97. The lowest BCUT2D eigenvalue weighted by molar-refractivity contribution is 0.340. The van der Waals surface area contributed by atoms with E-state index in [0.717, 1.165) is 11.3 Å². The van der Waals surface area contributed by atoms with Crippen molar-refractivity contribution in [2.24, 2.45) is 5.73 Å². The molecule has 2 aromatic rings. The molecule has 1 unspecified atom stereocenters. The van der Waals surface area contributed by atoms with Crippen molar-refractivity contribution in [3.05, 3.63) is 30.1 Å². The Kier molecular flexibility index (Phi) is 3.94. The van der Waals surface area contributed by atoms with Gasteiger partial charge in [-0.2, -0.15) is 4.98 Å². The van der Waals surface area contributed by atoms with E-state index in [1.807, 2.05) is 38.1 Å². The standard InChI is InChI=1S/C13H17N3O2/c1-3-17-11-6-4-10(5-7-11)13-15-12(16-18-13)8-9(2)14/h4-7,9H,3,8,14H2,1-2H3. The molecule has 0 radical (unpaired) electrons. The van der Waals surface area contributed by atoms with Crippen LogP contribution in [0.25, 0.3) is 11.5 Å². The molecule has 0 aliphatic heterocycles. The predicted molar refractivity (Wildman–Crippen MR) is 68.3 cm³/mol. The molecular formula is C13H17N3O2. The molecule has 0 saturated heterocycles. The molecular weight excluding hydrogens is 230 g/mol. The molecule has 0 amide bonds.